The maximum atomic E-state index is 5.69. The predicted octanol–water partition coefficient (Wildman–Crippen LogP) is 1.46. The van der Waals surface area contributed by atoms with Gasteiger partial charge in [-0.05, 0) is 12.1 Å². The summed E-state index contributed by atoms with van der Waals surface area (Å²) in [7, 11) is 4.67. The van der Waals surface area contributed by atoms with Gasteiger partial charge in [0, 0.05) is 5.56 Å². The molecule has 0 aliphatic carbocycles. The van der Waals surface area contributed by atoms with E-state index >= 15 is 0 Å². The molecule has 0 fully saturated rings. The summed E-state index contributed by atoms with van der Waals surface area (Å²) in [4.78, 5) is 0.622. The molecule has 0 aliphatic rings. The molecule has 3 rings (SSSR count). The van der Waals surface area contributed by atoms with Crippen LogP contribution in [0.5, 0.6) is 17.2 Å². The highest BCUT2D eigenvalue weighted by Gasteiger charge is 2.18. The SMILES string of the molecule is COc1cc(-c2nnc3sc(N)nn23)cc(OC)c1OC. The van der Waals surface area contributed by atoms with Crippen LogP contribution in [0.4, 0.5) is 5.13 Å². The third kappa shape index (κ3) is 2.11. The lowest BCUT2D eigenvalue weighted by Gasteiger charge is -2.13. The van der Waals surface area contributed by atoms with E-state index in [4.69, 9.17) is 19.9 Å². The molecule has 0 aliphatic heterocycles. The number of aromatic nitrogens is 4. The summed E-state index contributed by atoms with van der Waals surface area (Å²) in [6, 6.07) is 3.57. The first-order valence-corrected chi connectivity index (χ1v) is 6.77. The lowest BCUT2D eigenvalue weighted by atomic mass is 10.1. The third-order valence-corrected chi connectivity index (χ3v) is 3.66. The van der Waals surface area contributed by atoms with Crippen molar-refractivity contribution in [2.45, 2.75) is 0 Å². The van der Waals surface area contributed by atoms with Crippen LogP contribution >= 0.6 is 11.3 Å². The minimum absolute atomic E-state index is 0.425. The van der Waals surface area contributed by atoms with Crippen molar-refractivity contribution in [2.24, 2.45) is 0 Å². The van der Waals surface area contributed by atoms with Crippen molar-refractivity contribution < 1.29 is 14.2 Å². The molecule has 0 spiro atoms. The largest absolute Gasteiger partial charge is 0.493 e. The van der Waals surface area contributed by atoms with Gasteiger partial charge in [0.25, 0.3) is 0 Å². The monoisotopic (exact) mass is 307 g/mol. The molecule has 8 nitrogen and oxygen atoms in total. The number of benzene rings is 1. The summed E-state index contributed by atoms with van der Waals surface area (Å²) in [5.74, 6) is 2.14. The zero-order valence-electron chi connectivity index (χ0n) is 11.7. The highest BCUT2D eigenvalue weighted by molar-refractivity contribution is 7.20. The second-order valence-corrected chi connectivity index (χ2v) is 5.06. The van der Waals surface area contributed by atoms with Crippen molar-refractivity contribution >= 4 is 21.4 Å². The van der Waals surface area contributed by atoms with Crippen molar-refractivity contribution in [1.29, 1.82) is 0 Å². The highest BCUT2D eigenvalue weighted by Crippen LogP contribution is 2.40. The average Bonchev–Trinajstić information content (AvgIpc) is 3.04. The van der Waals surface area contributed by atoms with Crippen LogP contribution in [0.3, 0.4) is 0 Å². The number of hydrogen-bond donors (Lipinski definition) is 1. The molecule has 2 aromatic heterocycles. The highest BCUT2D eigenvalue weighted by atomic mass is 32.1. The normalized spacial score (nSPS) is 10.8. The fourth-order valence-electron chi connectivity index (χ4n) is 2.02. The molecule has 110 valence electrons. The first-order chi connectivity index (χ1) is 10.2. The molecule has 0 atom stereocenters. The maximum absolute atomic E-state index is 5.69. The molecule has 9 heteroatoms. The molecule has 0 saturated carbocycles. The van der Waals surface area contributed by atoms with E-state index in [9.17, 15) is 0 Å². The minimum atomic E-state index is 0.425. The second kappa shape index (κ2) is 5.09. The number of fused-ring (bicyclic) bond motifs is 1. The Morgan fingerprint density at radius 2 is 1.71 bits per heavy atom. The van der Waals surface area contributed by atoms with Gasteiger partial charge in [-0.25, -0.2) is 0 Å². The molecule has 2 N–H and O–H groups in total. The predicted molar refractivity (Wildman–Crippen MR) is 78.2 cm³/mol. The Bertz CT molecular complexity index is 772. The number of anilines is 1. The third-order valence-electron chi connectivity index (χ3n) is 2.93. The van der Waals surface area contributed by atoms with Crippen LogP contribution < -0.4 is 19.9 Å². The number of nitrogens with zero attached hydrogens (tertiary/aromatic N) is 4. The number of methoxy groups -OCH3 is 3. The summed E-state index contributed by atoms with van der Waals surface area (Å²) in [5, 5.41) is 12.8. The molecule has 0 bridgehead atoms. The average molecular weight is 307 g/mol. The van der Waals surface area contributed by atoms with Gasteiger partial charge >= 0.3 is 0 Å². The van der Waals surface area contributed by atoms with Crippen LogP contribution in [-0.4, -0.2) is 41.1 Å². The Labute approximate surface area is 124 Å². The first-order valence-electron chi connectivity index (χ1n) is 5.96. The van der Waals surface area contributed by atoms with Crippen molar-refractivity contribution in [1.82, 2.24) is 19.8 Å². The van der Waals surface area contributed by atoms with Gasteiger partial charge in [0.2, 0.25) is 15.8 Å². The number of nitrogen functional groups attached to an aromatic ring is 1. The van der Waals surface area contributed by atoms with Crippen LogP contribution in [0.1, 0.15) is 0 Å². The fraction of sp³-hybridized carbons (Fsp3) is 0.250. The van der Waals surface area contributed by atoms with Crippen LogP contribution in [0.2, 0.25) is 0 Å². The number of rotatable bonds is 4. The Morgan fingerprint density at radius 1 is 1.05 bits per heavy atom. The number of ether oxygens (including phenoxy) is 3. The van der Waals surface area contributed by atoms with Gasteiger partial charge in [-0.1, -0.05) is 11.3 Å². The summed E-state index contributed by atoms with van der Waals surface area (Å²) in [6.07, 6.45) is 0. The molecule has 1 aromatic carbocycles. The van der Waals surface area contributed by atoms with Crippen molar-refractivity contribution in [2.75, 3.05) is 27.1 Å². The van der Waals surface area contributed by atoms with Crippen LogP contribution in [-0.2, 0) is 0 Å². The van der Waals surface area contributed by atoms with Crippen LogP contribution in [0.15, 0.2) is 12.1 Å². The molecule has 21 heavy (non-hydrogen) atoms. The molecular weight excluding hydrogens is 294 g/mol. The Morgan fingerprint density at radius 3 is 2.29 bits per heavy atom. The van der Waals surface area contributed by atoms with Crippen LogP contribution in [0, 0.1) is 0 Å². The second-order valence-electron chi connectivity index (χ2n) is 4.07. The van der Waals surface area contributed by atoms with Crippen molar-refractivity contribution in [3.63, 3.8) is 0 Å². The quantitative estimate of drug-likeness (QED) is 0.779. The minimum Gasteiger partial charge on any atom is -0.493 e. The molecule has 2 heterocycles. The topological polar surface area (TPSA) is 96.8 Å². The molecular formula is C12H13N5O3S. The van der Waals surface area contributed by atoms with Gasteiger partial charge in [0.1, 0.15) is 0 Å². The molecule has 0 unspecified atom stereocenters. The van der Waals surface area contributed by atoms with E-state index in [1.54, 1.807) is 38.0 Å². The van der Waals surface area contributed by atoms with E-state index in [1.807, 2.05) is 0 Å². The number of hydrogen-bond acceptors (Lipinski definition) is 8. The standard InChI is InChI=1S/C12H13N5O3S/c1-18-7-4-6(5-8(19-2)9(7)20-3)10-14-15-12-17(10)16-11(13)21-12/h4-5H,1-3H3,(H2,13,16). The summed E-state index contributed by atoms with van der Waals surface area (Å²) in [6.45, 7) is 0. The van der Waals surface area contributed by atoms with Crippen molar-refractivity contribution in [3.8, 4) is 28.6 Å². The zero-order valence-corrected chi connectivity index (χ0v) is 12.5. The van der Waals surface area contributed by atoms with E-state index in [-0.39, 0.29) is 0 Å². The Kier molecular flexibility index (Phi) is 3.26. The lowest BCUT2D eigenvalue weighted by Crippen LogP contribution is -1.98. The van der Waals surface area contributed by atoms with E-state index in [1.165, 1.54) is 11.3 Å². The molecule has 0 amide bonds. The maximum Gasteiger partial charge on any atom is 0.236 e. The molecule has 0 radical (unpaired) electrons. The van der Waals surface area contributed by atoms with Gasteiger partial charge in [0.05, 0.1) is 21.3 Å². The summed E-state index contributed by atoms with van der Waals surface area (Å²) >= 11 is 1.26. The van der Waals surface area contributed by atoms with Gasteiger partial charge in [0.15, 0.2) is 17.3 Å². The first kappa shape index (κ1) is 13.4. The summed E-state index contributed by atoms with van der Waals surface area (Å²) in [5.41, 5.74) is 6.43. The van der Waals surface area contributed by atoms with Crippen molar-refractivity contribution in [3.05, 3.63) is 12.1 Å². The van der Waals surface area contributed by atoms with E-state index in [0.29, 0.717) is 33.2 Å². The zero-order chi connectivity index (χ0) is 15.0. The number of nitrogens with two attached hydrogens (primary N) is 1. The fourth-order valence-corrected chi connectivity index (χ4v) is 2.63. The van der Waals surface area contributed by atoms with E-state index < -0.39 is 0 Å². The van der Waals surface area contributed by atoms with E-state index in [2.05, 4.69) is 15.3 Å². The Hall–Kier alpha value is -2.55. The van der Waals surface area contributed by atoms with Crippen LogP contribution in [0.25, 0.3) is 16.3 Å². The smallest absolute Gasteiger partial charge is 0.236 e. The van der Waals surface area contributed by atoms with Gasteiger partial charge in [-0.2, -0.15) is 4.52 Å². The Balaban J connectivity index is 2.22. The van der Waals surface area contributed by atoms with E-state index in [0.717, 1.165) is 5.56 Å². The molecule has 3 aromatic rings. The lowest BCUT2D eigenvalue weighted by molar-refractivity contribution is 0.324. The van der Waals surface area contributed by atoms with Gasteiger partial charge in [-0.15, -0.1) is 15.3 Å². The van der Waals surface area contributed by atoms with Gasteiger partial charge in [-0.3, -0.25) is 0 Å². The van der Waals surface area contributed by atoms with Gasteiger partial charge < -0.3 is 19.9 Å². The summed E-state index contributed by atoms with van der Waals surface area (Å²) < 4.78 is 17.5. The molecule has 0 saturated heterocycles.